The van der Waals surface area contributed by atoms with Gasteiger partial charge in [0.1, 0.15) is 11.6 Å². The lowest BCUT2D eigenvalue weighted by molar-refractivity contribution is 0.0589. The molecule has 0 saturated carbocycles. The number of benzene rings is 1. The molecule has 3 rings (SSSR count). The van der Waals surface area contributed by atoms with Gasteiger partial charge in [0.2, 0.25) is 0 Å². The van der Waals surface area contributed by atoms with Crippen molar-refractivity contribution in [2.45, 2.75) is 20.0 Å². The highest BCUT2D eigenvalue weighted by Crippen LogP contribution is 2.36. The van der Waals surface area contributed by atoms with Crippen LogP contribution in [0.25, 0.3) is 5.57 Å². The van der Waals surface area contributed by atoms with E-state index in [1.807, 2.05) is 37.3 Å². The molecular weight excluding hydrogens is 364 g/mol. The van der Waals surface area contributed by atoms with Crippen LogP contribution in [0.1, 0.15) is 34.2 Å². The molecule has 6 heteroatoms. The Morgan fingerprint density at radius 3 is 2.66 bits per heavy atom. The van der Waals surface area contributed by atoms with Gasteiger partial charge in [-0.15, -0.1) is 0 Å². The second-order valence-corrected chi connectivity index (χ2v) is 6.65. The molecule has 0 bridgehead atoms. The summed E-state index contributed by atoms with van der Waals surface area (Å²) in [4.78, 5) is 14.6. The summed E-state index contributed by atoms with van der Waals surface area (Å²) < 4.78 is 6.71. The predicted molar refractivity (Wildman–Crippen MR) is 114 cm³/mol. The Labute approximate surface area is 170 Å². The van der Waals surface area contributed by atoms with Crippen molar-refractivity contribution in [3.8, 4) is 6.07 Å². The van der Waals surface area contributed by atoms with Crippen molar-refractivity contribution in [3.05, 3.63) is 83.4 Å². The maximum atomic E-state index is 12.4. The van der Waals surface area contributed by atoms with Crippen molar-refractivity contribution in [3.63, 3.8) is 0 Å². The molecular formula is C23H24N4O2. The zero-order valence-corrected chi connectivity index (χ0v) is 16.7. The normalized spacial score (nSPS) is 13.8. The van der Waals surface area contributed by atoms with E-state index in [1.54, 1.807) is 10.6 Å². The van der Waals surface area contributed by atoms with Gasteiger partial charge in [-0.2, -0.15) is 5.26 Å². The Morgan fingerprint density at radius 2 is 2.07 bits per heavy atom. The van der Waals surface area contributed by atoms with Gasteiger partial charge in [0, 0.05) is 30.9 Å². The number of rotatable bonds is 5. The zero-order valence-electron chi connectivity index (χ0n) is 16.7. The minimum Gasteiger partial charge on any atom is -0.464 e. The number of nitriles is 1. The fourth-order valence-electron chi connectivity index (χ4n) is 3.73. The number of carbonyl (C=O) groups excluding carboxylic acids is 1. The molecule has 1 aliphatic rings. The third-order valence-corrected chi connectivity index (χ3v) is 5.00. The monoisotopic (exact) mass is 388 g/mol. The highest BCUT2D eigenvalue weighted by Gasteiger charge is 2.31. The molecule has 0 spiro atoms. The highest BCUT2D eigenvalue weighted by molar-refractivity contribution is 5.98. The lowest BCUT2D eigenvalue weighted by atomic mass is 10.0. The molecule has 0 unspecified atom stereocenters. The first-order valence-corrected chi connectivity index (χ1v) is 9.36. The maximum absolute atomic E-state index is 12.4. The predicted octanol–water partition coefficient (Wildman–Crippen LogP) is 3.72. The maximum Gasteiger partial charge on any atom is 0.356 e. The summed E-state index contributed by atoms with van der Waals surface area (Å²) in [6.45, 7) is 7.72. The van der Waals surface area contributed by atoms with Gasteiger partial charge < -0.3 is 19.9 Å². The van der Waals surface area contributed by atoms with Crippen LogP contribution >= 0.6 is 0 Å². The molecule has 0 fully saturated rings. The van der Waals surface area contributed by atoms with Gasteiger partial charge in [-0.05, 0) is 18.6 Å². The zero-order chi connectivity index (χ0) is 21.0. The number of hydrogen-bond donors (Lipinski definition) is 1. The van der Waals surface area contributed by atoms with Crippen LogP contribution in [0.4, 0.5) is 5.69 Å². The molecule has 0 saturated heterocycles. The van der Waals surface area contributed by atoms with E-state index in [2.05, 4.69) is 29.7 Å². The molecule has 0 atom stereocenters. The molecule has 148 valence electrons. The molecule has 29 heavy (non-hydrogen) atoms. The Balaban J connectivity index is 2.24. The van der Waals surface area contributed by atoms with E-state index in [1.165, 1.54) is 7.11 Å². The number of hydrogen-bond acceptors (Lipinski definition) is 5. The van der Waals surface area contributed by atoms with E-state index in [0.29, 0.717) is 25.3 Å². The number of anilines is 1. The van der Waals surface area contributed by atoms with E-state index in [-0.39, 0.29) is 16.9 Å². The number of methoxy groups -OCH3 is 1. The second-order valence-electron chi connectivity index (χ2n) is 6.65. The standard InChI is InChI=1S/C23H24N4O2/c1-4-9-19-17(5-2)21-18(14-24)20(25)22(23(28)29-3)27(21)13-12-26(19)15-16-10-7-6-8-11-16/h4-11H,2,12-13,15,25H2,1,3H3/b9-4-. The van der Waals surface area contributed by atoms with Crippen LogP contribution in [0.3, 0.4) is 0 Å². The summed E-state index contributed by atoms with van der Waals surface area (Å²) in [5, 5.41) is 9.78. The third kappa shape index (κ3) is 3.55. The Bertz CT molecular complexity index is 1040. The van der Waals surface area contributed by atoms with Crippen LogP contribution in [0.2, 0.25) is 0 Å². The van der Waals surface area contributed by atoms with E-state index >= 15 is 0 Å². The Kier molecular flexibility index (Phi) is 5.89. The molecule has 2 N–H and O–H groups in total. The molecule has 0 radical (unpaired) electrons. The average Bonchev–Trinajstić information content (AvgIpc) is 2.93. The van der Waals surface area contributed by atoms with E-state index in [0.717, 1.165) is 16.8 Å². The smallest absolute Gasteiger partial charge is 0.356 e. The van der Waals surface area contributed by atoms with Gasteiger partial charge in [-0.25, -0.2) is 4.79 Å². The number of carbonyl (C=O) groups is 1. The lowest BCUT2D eigenvalue weighted by Crippen LogP contribution is -2.25. The molecule has 2 aromatic rings. The van der Waals surface area contributed by atoms with E-state index < -0.39 is 5.97 Å². The minimum absolute atomic E-state index is 0.144. The van der Waals surface area contributed by atoms with Crippen molar-refractivity contribution in [1.82, 2.24) is 9.47 Å². The summed E-state index contributed by atoms with van der Waals surface area (Å²) in [5.41, 5.74) is 10.3. The quantitative estimate of drug-likeness (QED) is 0.789. The summed E-state index contributed by atoms with van der Waals surface area (Å²) >= 11 is 0. The topological polar surface area (TPSA) is 84.3 Å². The number of fused-ring (bicyclic) bond motifs is 1. The molecule has 1 aromatic carbocycles. The first kappa shape index (κ1) is 20.0. The van der Waals surface area contributed by atoms with Crippen LogP contribution in [0.15, 0.2) is 60.8 Å². The largest absolute Gasteiger partial charge is 0.464 e. The minimum atomic E-state index is -0.558. The van der Waals surface area contributed by atoms with Crippen molar-refractivity contribution >= 4 is 17.2 Å². The van der Waals surface area contributed by atoms with Gasteiger partial charge in [-0.1, -0.05) is 49.1 Å². The van der Waals surface area contributed by atoms with Crippen molar-refractivity contribution in [2.24, 2.45) is 0 Å². The first-order chi connectivity index (χ1) is 14.1. The molecule has 2 heterocycles. The summed E-state index contributed by atoms with van der Waals surface area (Å²) in [5.74, 6) is -0.558. The Morgan fingerprint density at radius 1 is 1.34 bits per heavy atom. The lowest BCUT2D eigenvalue weighted by Gasteiger charge is -2.26. The van der Waals surface area contributed by atoms with E-state index in [4.69, 9.17) is 10.5 Å². The SMILES string of the molecule is C=CC1=C(/C=C\C)N(Cc2ccccc2)CCn2c(C(=O)OC)c(N)c(C#N)c21. The van der Waals surface area contributed by atoms with Crippen molar-refractivity contribution in [2.75, 3.05) is 19.4 Å². The van der Waals surface area contributed by atoms with Crippen LogP contribution < -0.4 is 5.73 Å². The van der Waals surface area contributed by atoms with Crippen LogP contribution in [0, 0.1) is 11.3 Å². The molecule has 1 aliphatic heterocycles. The summed E-state index contributed by atoms with van der Waals surface area (Å²) in [7, 11) is 1.31. The van der Waals surface area contributed by atoms with Crippen LogP contribution in [-0.4, -0.2) is 29.1 Å². The number of ether oxygens (including phenoxy) is 1. The molecule has 0 amide bonds. The average molecular weight is 388 g/mol. The first-order valence-electron chi connectivity index (χ1n) is 9.36. The number of esters is 1. The fourth-order valence-corrected chi connectivity index (χ4v) is 3.73. The van der Waals surface area contributed by atoms with E-state index in [9.17, 15) is 10.1 Å². The van der Waals surface area contributed by atoms with Crippen LogP contribution in [-0.2, 0) is 17.8 Å². The third-order valence-electron chi connectivity index (χ3n) is 5.00. The molecule has 0 aliphatic carbocycles. The van der Waals surface area contributed by atoms with Gasteiger partial charge >= 0.3 is 5.97 Å². The van der Waals surface area contributed by atoms with Gasteiger partial charge in [0.25, 0.3) is 0 Å². The van der Waals surface area contributed by atoms with Crippen LogP contribution in [0.5, 0.6) is 0 Å². The summed E-state index contributed by atoms with van der Waals surface area (Å²) in [6, 6.07) is 12.3. The van der Waals surface area contributed by atoms with Gasteiger partial charge in [0.05, 0.1) is 18.5 Å². The summed E-state index contributed by atoms with van der Waals surface area (Å²) in [6.07, 6.45) is 5.66. The highest BCUT2D eigenvalue weighted by atomic mass is 16.5. The number of aromatic nitrogens is 1. The van der Waals surface area contributed by atoms with Crippen molar-refractivity contribution < 1.29 is 9.53 Å². The van der Waals surface area contributed by atoms with Gasteiger partial charge in [-0.3, -0.25) is 0 Å². The fraction of sp³-hybridized carbons (Fsp3) is 0.217. The number of nitrogen functional groups attached to an aromatic ring is 1. The number of nitrogens with zero attached hydrogens (tertiary/aromatic N) is 3. The molecule has 6 nitrogen and oxygen atoms in total. The number of nitrogens with two attached hydrogens (primary N) is 1. The van der Waals surface area contributed by atoms with Crippen molar-refractivity contribution in [1.29, 1.82) is 5.26 Å². The Hall–Kier alpha value is -3.72. The van der Waals surface area contributed by atoms with Gasteiger partial charge in [0.15, 0.2) is 5.69 Å². The number of allylic oxidation sites excluding steroid dienone is 4. The second kappa shape index (κ2) is 8.53. The molecule has 1 aromatic heterocycles.